The van der Waals surface area contributed by atoms with Crippen LogP contribution >= 0.6 is 0 Å². The Balaban J connectivity index is 2.24. The number of hydrogen-bond donors (Lipinski definition) is 2. The fourth-order valence-electron chi connectivity index (χ4n) is 1.98. The number of nitrogen functional groups attached to an aromatic ring is 1. The minimum Gasteiger partial charge on any atom is -0.496 e. The number of amides is 1. The molecule has 4 nitrogen and oxygen atoms in total. The Morgan fingerprint density at radius 2 is 1.85 bits per heavy atom. The summed E-state index contributed by atoms with van der Waals surface area (Å²) in [6.45, 7) is 3.84. The Hall–Kier alpha value is -2.49. The molecule has 0 saturated heterocycles. The van der Waals surface area contributed by atoms with Gasteiger partial charge in [-0.05, 0) is 55.3 Å². The van der Waals surface area contributed by atoms with Crippen LogP contribution in [0.1, 0.15) is 21.5 Å². The van der Waals surface area contributed by atoms with E-state index in [0.29, 0.717) is 17.0 Å². The van der Waals surface area contributed by atoms with E-state index in [1.54, 1.807) is 31.4 Å². The van der Waals surface area contributed by atoms with Gasteiger partial charge in [0.15, 0.2) is 0 Å². The molecule has 2 aromatic rings. The van der Waals surface area contributed by atoms with E-state index >= 15 is 0 Å². The Morgan fingerprint density at radius 3 is 2.50 bits per heavy atom. The number of rotatable bonds is 3. The second-order valence-electron chi connectivity index (χ2n) is 4.71. The molecule has 4 heteroatoms. The van der Waals surface area contributed by atoms with E-state index in [2.05, 4.69) is 5.32 Å². The third-order valence-electron chi connectivity index (χ3n) is 3.17. The van der Waals surface area contributed by atoms with Crippen LogP contribution in [-0.2, 0) is 0 Å². The molecule has 0 saturated carbocycles. The number of benzene rings is 2. The number of methoxy groups -OCH3 is 1. The van der Waals surface area contributed by atoms with Crippen molar-refractivity contribution >= 4 is 17.3 Å². The van der Waals surface area contributed by atoms with E-state index in [0.717, 1.165) is 16.8 Å². The van der Waals surface area contributed by atoms with Crippen LogP contribution in [0.2, 0.25) is 0 Å². The van der Waals surface area contributed by atoms with Crippen LogP contribution in [0.25, 0.3) is 0 Å². The van der Waals surface area contributed by atoms with Gasteiger partial charge in [0.05, 0.1) is 7.11 Å². The lowest BCUT2D eigenvalue weighted by Gasteiger charge is -2.11. The molecule has 0 aromatic heterocycles. The molecule has 1 amide bonds. The van der Waals surface area contributed by atoms with E-state index in [-0.39, 0.29) is 5.91 Å². The van der Waals surface area contributed by atoms with E-state index in [1.807, 2.05) is 26.0 Å². The van der Waals surface area contributed by atoms with Crippen LogP contribution < -0.4 is 15.8 Å². The molecule has 0 aliphatic carbocycles. The number of anilines is 2. The first-order valence-corrected chi connectivity index (χ1v) is 6.33. The highest BCUT2D eigenvalue weighted by atomic mass is 16.5. The third-order valence-corrected chi connectivity index (χ3v) is 3.17. The summed E-state index contributed by atoms with van der Waals surface area (Å²) in [4.78, 5) is 12.2. The predicted octanol–water partition coefficient (Wildman–Crippen LogP) is 3.15. The normalized spacial score (nSPS) is 10.2. The van der Waals surface area contributed by atoms with Gasteiger partial charge >= 0.3 is 0 Å². The van der Waals surface area contributed by atoms with Crippen LogP contribution in [0.3, 0.4) is 0 Å². The van der Waals surface area contributed by atoms with Crippen LogP contribution in [0.15, 0.2) is 36.4 Å². The summed E-state index contributed by atoms with van der Waals surface area (Å²) < 4.78 is 5.23. The standard InChI is InChI=1S/C16H18N2O2/c1-10-4-5-12(9-15(10)20-3)16(19)18-14-7-6-13(17)8-11(14)2/h4-9H,17H2,1-3H3,(H,18,19). The van der Waals surface area contributed by atoms with Gasteiger partial charge < -0.3 is 15.8 Å². The van der Waals surface area contributed by atoms with Gasteiger partial charge in [0.1, 0.15) is 5.75 Å². The molecule has 0 bridgehead atoms. The quantitative estimate of drug-likeness (QED) is 0.842. The molecule has 0 atom stereocenters. The van der Waals surface area contributed by atoms with Crippen molar-refractivity contribution in [2.75, 3.05) is 18.2 Å². The Labute approximate surface area is 118 Å². The highest BCUT2D eigenvalue weighted by molar-refractivity contribution is 6.05. The van der Waals surface area contributed by atoms with Crippen LogP contribution in [0, 0.1) is 13.8 Å². The van der Waals surface area contributed by atoms with E-state index in [1.165, 1.54) is 0 Å². The van der Waals surface area contributed by atoms with E-state index in [9.17, 15) is 4.79 Å². The monoisotopic (exact) mass is 270 g/mol. The molecule has 0 spiro atoms. The summed E-state index contributed by atoms with van der Waals surface area (Å²) in [6, 6.07) is 10.8. The third kappa shape index (κ3) is 2.91. The van der Waals surface area contributed by atoms with Crippen LogP contribution in [0.5, 0.6) is 5.75 Å². The number of carbonyl (C=O) groups is 1. The minimum atomic E-state index is -0.170. The first-order chi connectivity index (χ1) is 9.51. The zero-order valence-corrected chi connectivity index (χ0v) is 11.9. The van der Waals surface area contributed by atoms with E-state index in [4.69, 9.17) is 10.5 Å². The van der Waals surface area contributed by atoms with Crippen molar-refractivity contribution in [2.45, 2.75) is 13.8 Å². The van der Waals surface area contributed by atoms with Crippen molar-refractivity contribution in [1.82, 2.24) is 0 Å². The summed E-state index contributed by atoms with van der Waals surface area (Å²) in [5, 5.41) is 2.87. The lowest BCUT2D eigenvalue weighted by Crippen LogP contribution is -2.13. The van der Waals surface area contributed by atoms with Crippen LogP contribution in [0.4, 0.5) is 11.4 Å². The number of aryl methyl sites for hydroxylation is 2. The molecule has 0 aliphatic rings. The summed E-state index contributed by atoms with van der Waals surface area (Å²) in [5.41, 5.74) is 9.61. The molecule has 3 N–H and O–H groups in total. The maximum atomic E-state index is 12.2. The van der Waals surface area contributed by atoms with Gasteiger partial charge in [-0.25, -0.2) is 0 Å². The van der Waals surface area contributed by atoms with Gasteiger partial charge in [0, 0.05) is 16.9 Å². The fourth-order valence-corrected chi connectivity index (χ4v) is 1.98. The van der Waals surface area contributed by atoms with E-state index < -0.39 is 0 Å². The molecule has 0 fully saturated rings. The predicted molar refractivity (Wildman–Crippen MR) is 81.3 cm³/mol. The number of carbonyl (C=O) groups excluding carboxylic acids is 1. The summed E-state index contributed by atoms with van der Waals surface area (Å²) in [7, 11) is 1.59. The first-order valence-electron chi connectivity index (χ1n) is 6.33. The van der Waals surface area contributed by atoms with Crippen molar-refractivity contribution in [3.63, 3.8) is 0 Å². The molecule has 0 radical (unpaired) electrons. The van der Waals surface area contributed by atoms with Crippen molar-refractivity contribution in [1.29, 1.82) is 0 Å². The van der Waals surface area contributed by atoms with Gasteiger partial charge in [-0.2, -0.15) is 0 Å². The molecule has 0 unspecified atom stereocenters. The molecule has 20 heavy (non-hydrogen) atoms. The minimum absolute atomic E-state index is 0.170. The van der Waals surface area contributed by atoms with Gasteiger partial charge in [-0.1, -0.05) is 6.07 Å². The lowest BCUT2D eigenvalue weighted by atomic mass is 10.1. The lowest BCUT2D eigenvalue weighted by molar-refractivity contribution is 0.102. The average molecular weight is 270 g/mol. The maximum absolute atomic E-state index is 12.2. The zero-order valence-electron chi connectivity index (χ0n) is 11.9. The van der Waals surface area contributed by atoms with Crippen molar-refractivity contribution in [3.05, 3.63) is 53.1 Å². The van der Waals surface area contributed by atoms with Gasteiger partial charge in [-0.15, -0.1) is 0 Å². The van der Waals surface area contributed by atoms with Crippen molar-refractivity contribution in [2.24, 2.45) is 0 Å². The number of nitrogens with two attached hydrogens (primary N) is 1. The van der Waals surface area contributed by atoms with Gasteiger partial charge in [0.25, 0.3) is 5.91 Å². The fraction of sp³-hybridized carbons (Fsp3) is 0.188. The highest BCUT2D eigenvalue weighted by Gasteiger charge is 2.10. The molecular formula is C16H18N2O2. The summed E-state index contributed by atoms with van der Waals surface area (Å²) in [5.74, 6) is 0.530. The first kappa shape index (κ1) is 13.9. The second kappa shape index (κ2) is 5.65. The molecule has 0 heterocycles. The topological polar surface area (TPSA) is 64.3 Å². The smallest absolute Gasteiger partial charge is 0.255 e. The Kier molecular flexibility index (Phi) is 3.94. The van der Waals surface area contributed by atoms with Crippen LogP contribution in [-0.4, -0.2) is 13.0 Å². The molecule has 2 aromatic carbocycles. The van der Waals surface area contributed by atoms with Crippen molar-refractivity contribution in [3.8, 4) is 5.75 Å². The number of nitrogens with one attached hydrogen (secondary N) is 1. The highest BCUT2D eigenvalue weighted by Crippen LogP contribution is 2.22. The largest absolute Gasteiger partial charge is 0.496 e. The number of ether oxygens (including phenoxy) is 1. The SMILES string of the molecule is COc1cc(C(=O)Nc2ccc(N)cc2C)ccc1C. The number of hydrogen-bond acceptors (Lipinski definition) is 3. The van der Waals surface area contributed by atoms with Gasteiger partial charge in [0.2, 0.25) is 0 Å². The second-order valence-corrected chi connectivity index (χ2v) is 4.71. The van der Waals surface area contributed by atoms with Gasteiger partial charge in [-0.3, -0.25) is 4.79 Å². The molecular weight excluding hydrogens is 252 g/mol. The summed E-state index contributed by atoms with van der Waals surface area (Å²) >= 11 is 0. The Morgan fingerprint density at radius 1 is 1.10 bits per heavy atom. The average Bonchev–Trinajstić information content (AvgIpc) is 2.42. The Bertz CT molecular complexity index is 651. The van der Waals surface area contributed by atoms with Crippen molar-refractivity contribution < 1.29 is 9.53 Å². The molecule has 0 aliphatic heterocycles. The zero-order chi connectivity index (χ0) is 14.7. The summed E-state index contributed by atoms with van der Waals surface area (Å²) in [6.07, 6.45) is 0. The molecule has 104 valence electrons. The maximum Gasteiger partial charge on any atom is 0.255 e. The molecule has 2 rings (SSSR count).